The number of carbonyl (C=O) groups is 2. The van der Waals surface area contributed by atoms with Crippen molar-refractivity contribution in [2.24, 2.45) is 5.10 Å². The molecule has 0 fully saturated rings. The Kier molecular flexibility index (Phi) is 12.5. The van der Waals surface area contributed by atoms with Gasteiger partial charge in [-0.15, -0.1) is 0 Å². The summed E-state index contributed by atoms with van der Waals surface area (Å²) >= 11 is 15.4. The number of hydrazone groups is 1. The molecule has 4 rings (SSSR count). The summed E-state index contributed by atoms with van der Waals surface area (Å²) in [6.07, 6.45) is 1.47. The van der Waals surface area contributed by atoms with Gasteiger partial charge in [-0.05, 0) is 89.4 Å². The molecule has 0 spiro atoms. The Morgan fingerprint density at radius 2 is 1.58 bits per heavy atom. The van der Waals surface area contributed by atoms with Gasteiger partial charge in [-0.2, -0.15) is 5.10 Å². The van der Waals surface area contributed by atoms with Gasteiger partial charge in [-0.25, -0.2) is 5.43 Å². The lowest BCUT2D eigenvalue weighted by Gasteiger charge is -2.15. The third kappa shape index (κ3) is 9.87. The van der Waals surface area contributed by atoms with E-state index < -0.39 is 11.8 Å². The summed E-state index contributed by atoms with van der Waals surface area (Å²) < 4.78 is 23.7. The Hall–Kier alpha value is -4.25. The molecule has 9 nitrogen and oxygen atoms in total. The molecule has 2 amide bonds. The van der Waals surface area contributed by atoms with Crippen LogP contribution in [0.2, 0.25) is 10.0 Å². The van der Waals surface area contributed by atoms with Gasteiger partial charge in [-0.3, -0.25) is 9.59 Å². The van der Waals surface area contributed by atoms with Crippen LogP contribution in [-0.4, -0.2) is 37.8 Å². The highest BCUT2D eigenvalue weighted by molar-refractivity contribution is 9.10. The lowest BCUT2D eigenvalue weighted by molar-refractivity contribution is -0.118. The Morgan fingerprint density at radius 3 is 2.31 bits per heavy atom. The Balaban J connectivity index is 1.39. The molecule has 45 heavy (non-hydrogen) atoms. The van der Waals surface area contributed by atoms with E-state index in [4.69, 9.17) is 42.1 Å². The Labute approximate surface area is 279 Å². The van der Waals surface area contributed by atoms with Gasteiger partial charge in [0.1, 0.15) is 6.61 Å². The van der Waals surface area contributed by atoms with Crippen molar-refractivity contribution in [2.45, 2.75) is 20.5 Å². The van der Waals surface area contributed by atoms with Crippen molar-refractivity contribution in [1.82, 2.24) is 5.43 Å². The summed E-state index contributed by atoms with van der Waals surface area (Å²) in [5, 5.41) is 7.51. The summed E-state index contributed by atoms with van der Waals surface area (Å²) in [6.45, 7) is 4.51. The first-order valence-electron chi connectivity index (χ1n) is 13.9. The SMILES string of the molecule is CCOc1cc(C(=O)N/N=C/c2cc(Br)c(OCC(=O)Nc3ccc(Cl)c(Cl)c3)c(OCC)c2)ccc1OCc1ccccc1. The van der Waals surface area contributed by atoms with Gasteiger partial charge in [0, 0.05) is 11.3 Å². The molecular weight excluding hydrogens is 685 g/mol. The molecule has 0 aliphatic carbocycles. The van der Waals surface area contributed by atoms with Crippen LogP contribution in [0.5, 0.6) is 23.0 Å². The highest BCUT2D eigenvalue weighted by Gasteiger charge is 2.15. The number of anilines is 1. The van der Waals surface area contributed by atoms with E-state index in [1.165, 1.54) is 6.21 Å². The molecule has 12 heteroatoms. The van der Waals surface area contributed by atoms with Gasteiger partial charge in [-0.1, -0.05) is 53.5 Å². The predicted molar refractivity (Wildman–Crippen MR) is 179 cm³/mol. The van der Waals surface area contributed by atoms with E-state index in [1.54, 1.807) is 48.5 Å². The molecule has 4 aromatic carbocycles. The van der Waals surface area contributed by atoms with Crippen LogP contribution in [0.25, 0.3) is 0 Å². The molecule has 2 N–H and O–H groups in total. The molecule has 0 aliphatic heterocycles. The van der Waals surface area contributed by atoms with Crippen molar-refractivity contribution in [3.8, 4) is 23.0 Å². The normalized spacial score (nSPS) is 10.8. The quantitative estimate of drug-likeness (QED) is 0.102. The number of nitrogens with one attached hydrogen (secondary N) is 2. The van der Waals surface area contributed by atoms with E-state index in [0.717, 1.165) is 5.56 Å². The van der Waals surface area contributed by atoms with Crippen LogP contribution in [0.4, 0.5) is 5.69 Å². The minimum atomic E-state index is -0.432. The molecule has 0 saturated carbocycles. The number of halogens is 3. The zero-order chi connectivity index (χ0) is 32.2. The second kappa shape index (κ2) is 16.7. The number of amides is 2. The number of carbonyl (C=O) groups excluding carboxylic acids is 2. The van der Waals surface area contributed by atoms with Gasteiger partial charge in [0.2, 0.25) is 0 Å². The third-order valence-electron chi connectivity index (χ3n) is 6.01. The molecule has 0 heterocycles. The fourth-order valence-corrected chi connectivity index (χ4v) is 4.85. The van der Waals surface area contributed by atoms with Crippen LogP contribution in [0.15, 0.2) is 88.4 Å². The van der Waals surface area contributed by atoms with Crippen molar-refractivity contribution in [3.63, 3.8) is 0 Å². The van der Waals surface area contributed by atoms with E-state index >= 15 is 0 Å². The van der Waals surface area contributed by atoms with Crippen LogP contribution in [0.3, 0.4) is 0 Å². The highest BCUT2D eigenvalue weighted by atomic mass is 79.9. The zero-order valence-corrected chi connectivity index (χ0v) is 27.5. The largest absolute Gasteiger partial charge is 0.490 e. The van der Waals surface area contributed by atoms with E-state index in [1.807, 2.05) is 44.2 Å². The van der Waals surface area contributed by atoms with E-state index in [0.29, 0.717) is 74.2 Å². The summed E-state index contributed by atoms with van der Waals surface area (Å²) in [6, 6.07) is 22.9. The molecule has 0 unspecified atom stereocenters. The van der Waals surface area contributed by atoms with Gasteiger partial charge in [0.05, 0.1) is 33.9 Å². The summed E-state index contributed by atoms with van der Waals surface area (Å²) in [5.41, 5.74) is 4.98. The lowest BCUT2D eigenvalue weighted by Crippen LogP contribution is -2.20. The van der Waals surface area contributed by atoms with E-state index in [2.05, 4.69) is 31.8 Å². The van der Waals surface area contributed by atoms with Gasteiger partial charge in [0.25, 0.3) is 11.8 Å². The first-order valence-corrected chi connectivity index (χ1v) is 15.4. The van der Waals surface area contributed by atoms with Crippen LogP contribution in [-0.2, 0) is 11.4 Å². The molecule has 0 aromatic heterocycles. The average Bonchev–Trinajstić information content (AvgIpc) is 3.02. The molecule has 0 radical (unpaired) electrons. The Morgan fingerprint density at radius 1 is 0.822 bits per heavy atom. The van der Waals surface area contributed by atoms with Crippen molar-refractivity contribution in [1.29, 1.82) is 0 Å². The minimum Gasteiger partial charge on any atom is -0.490 e. The predicted octanol–water partition coefficient (Wildman–Crippen LogP) is 7.91. The number of ether oxygens (including phenoxy) is 4. The van der Waals surface area contributed by atoms with Gasteiger partial charge in [0.15, 0.2) is 29.6 Å². The second-order valence-corrected chi connectivity index (χ2v) is 11.0. The standard InChI is InChI=1S/C33H30BrCl2N3O6/c1-3-42-29-16-23(10-13-28(29)44-19-21-8-6-5-7-9-21)33(41)39-37-18-22-14-25(34)32(30(15-22)43-4-2)45-20-31(40)38-24-11-12-26(35)27(36)17-24/h5-18H,3-4,19-20H2,1-2H3,(H,38,40)(H,39,41)/b37-18+. The summed E-state index contributed by atoms with van der Waals surface area (Å²) in [7, 11) is 0. The van der Waals surface area contributed by atoms with Crippen molar-refractivity contribution in [2.75, 3.05) is 25.1 Å². The molecular formula is C33H30BrCl2N3O6. The number of rotatable bonds is 14. The first kappa shape index (κ1) is 33.6. The maximum Gasteiger partial charge on any atom is 0.271 e. The fourth-order valence-electron chi connectivity index (χ4n) is 3.98. The molecule has 0 aliphatic rings. The summed E-state index contributed by atoms with van der Waals surface area (Å²) in [4.78, 5) is 25.3. The van der Waals surface area contributed by atoms with Gasteiger partial charge >= 0.3 is 0 Å². The maximum atomic E-state index is 12.9. The third-order valence-corrected chi connectivity index (χ3v) is 7.33. The molecule has 0 bridgehead atoms. The van der Waals surface area contributed by atoms with Crippen LogP contribution >= 0.6 is 39.1 Å². The van der Waals surface area contributed by atoms with Crippen LogP contribution < -0.4 is 29.7 Å². The van der Waals surface area contributed by atoms with Gasteiger partial charge < -0.3 is 24.3 Å². The summed E-state index contributed by atoms with van der Waals surface area (Å²) in [5.74, 6) is 0.868. The number of benzene rings is 4. The number of nitrogens with zero attached hydrogens (tertiary/aromatic N) is 1. The maximum absolute atomic E-state index is 12.9. The molecule has 0 saturated heterocycles. The monoisotopic (exact) mass is 713 g/mol. The smallest absolute Gasteiger partial charge is 0.271 e. The molecule has 4 aromatic rings. The molecule has 0 atom stereocenters. The number of hydrogen-bond acceptors (Lipinski definition) is 7. The lowest BCUT2D eigenvalue weighted by atomic mass is 10.2. The average molecular weight is 715 g/mol. The second-order valence-electron chi connectivity index (χ2n) is 9.30. The topological polar surface area (TPSA) is 107 Å². The van der Waals surface area contributed by atoms with Crippen molar-refractivity contribution < 1.29 is 28.5 Å². The molecule has 234 valence electrons. The number of hydrogen-bond donors (Lipinski definition) is 2. The highest BCUT2D eigenvalue weighted by Crippen LogP contribution is 2.37. The Bertz CT molecular complexity index is 1670. The van der Waals surface area contributed by atoms with Crippen molar-refractivity contribution in [3.05, 3.63) is 110 Å². The zero-order valence-electron chi connectivity index (χ0n) is 24.4. The van der Waals surface area contributed by atoms with Crippen LogP contribution in [0.1, 0.15) is 35.3 Å². The van der Waals surface area contributed by atoms with E-state index in [-0.39, 0.29) is 6.61 Å². The van der Waals surface area contributed by atoms with Crippen LogP contribution in [0, 0.1) is 0 Å². The van der Waals surface area contributed by atoms with E-state index in [9.17, 15) is 9.59 Å². The minimum absolute atomic E-state index is 0.289. The fraction of sp³-hybridized carbons (Fsp3) is 0.182. The first-order chi connectivity index (χ1) is 21.8. The van der Waals surface area contributed by atoms with Crippen molar-refractivity contribution >= 4 is 62.8 Å².